The molecule has 0 saturated carbocycles. The maximum Gasteiger partial charge on any atom is 0.185 e. The van der Waals surface area contributed by atoms with E-state index in [1.54, 1.807) is 18.4 Å². The molecule has 1 rings (SSSR count). The van der Waals surface area contributed by atoms with Crippen LogP contribution in [0.2, 0.25) is 0 Å². The zero-order valence-electron chi connectivity index (χ0n) is 11.4. The summed E-state index contributed by atoms with van der Waals surface area (Å²) in [5.74, 6) is 0. The van der Waals surface area contributed by atoms with Crippen LogP contribution in [-0.4, -0.2) is 37.8 Å². The average molecular weight is 257 g/mol. The first kappa shape index (κ1) is 14.4. The molecule has 1 aromatic heterocycles. The maximum absolute atomic E-state index is 5.15. The summed E-state index contributed by atoms with van der Waals surface area (Å²) in [7, 11) is 3.78. The molecule has 5 heteroatoms. The molecule has 0 aliphatic rings. The molecule has 0 bridgehead atoms. The van der Waals surface area contributed by atoms with Crippen molar-refractivity contribution >= 4 is 16.5 Å². The predicted octanol–water partition coefficient (Wildman–Crippen LogP) is 2.11. The van der Waals surface area contributed by atoms with Crippen LogP contribution < -0.4 is 10.2 Å². The molecule has 4 nitrogen and oxygen atoms in total. The number of nitrogens with zero attached hydrogens (tertiary/aromatic N) is 2. The Balaban J connectivity index is 2.54. The van der Waals surface area contributed by atoms with Crippen molar-refractivity contribution < 1.29 is 4.74 Å². The van der Waals surface area contributed by atoms with Gasteiger partial charge >= 0.3 is 0 Å². The van der Waals surface area contributed by atoms with Crippen LogP contribution in [0.3, 0.4) is 0 Å². The molecule has 0 radical (unpaired) electrons. The predicted molar refractivity (Wildman–Crippen MR) is 73.8 cm³/mol. The van der Waals surface area contributed by atoms with E-state index < -0.39 is 0 Å². The molecule has 0 amide bonds. The Hall–Kier alpha value is -0.650. The van der Waals surface area contributed by atoms with Gasteiger partial charge in [-0.15, -0.1) is 11.3 Å². The average Bonchev–Trinajstić information content (AvgIpc) is 2.74. The molecular weight excluding hydrogens is 234 g/mol. The van der Waals surface area contributed by atoms with Crippen molar-refractivity contribution in [2.24, 2.45) is 0 Å². The number of likely N-dealkylation sites (N-methyl/N-ethyl adjacent to an activating group) is 1. The van der Waals surface area contributed by atoms with Gasteiger partial charge in [-0.05, 0) is 6.92 Å². The number of hydrogen-bond acceptors (Lipinski definition) is 5. The number of thiazole rings is 1. The Morgan fingerprint density at radius 2 is 2.18 bits per heavy atom. The van der Waals surface area contributed by atoms with Gasteiger partial charge in [0, 0.05) is 37.8 Å². The van der Waals surface area contributed by atoms with Gasteiger partial charge in [0.1, 0.15) is 0 Å². The van der Waals surface area contributed by atoms with Crippen LogP contribution in [0.15, 0.2) is 6.20 Å². The summed E-state index contributed by atoms with van der Waals surface area (Å²) in [6, 6.07) is 0.850. The van der Waals surface area contributed by atoms with Crippen molar-refractivity contribution in [1.29, 1.82) is 0 Å². The molecule has 1 heterocycles. The second kappa shape index (κ2) is 6.93. The fourth-order valence-corrected chi connectivity index (χ4v) is 2.31. The smallest absolute Gasteiger partial charge is 0.185 e. The lowest BCUT2D eigenvalue weighted by molar-refractivity contribution is 0.183. The Morgan fingerprint density at radius 1 is 1.47 bits per heavy atom. The molecule has 17 heavy (non-hydrogen) atoms. The van der Waals surface area contributed by atoms with Gasteiger partial charge < -0.3 is 15.0 Å². The molecule has 0 saturated heterocycles. The summed E-state index contributed by atoms with van der Waals surface area (Å²) in [6.07, 6.45) is 1.95. The number of anilines is 1. The number of hydrogen-bond donors (Lipinski definition) is 1. The Kier molecular flexibility index (Phi) is 5.88. The lowest BCUT2D eigenvalue weighted by atomic mass is 10.3. The minimum Gasteiger partial charge on any atom is -0.383 e. The third kappa shape index (κ3) is 4.61. The number of rotatable bonds is 7. The van der Waals surface area contributed by atoms with Gasteiger partial charge in [0.2, 0.25) is 0 Å². The Bertz CT molecular complexity index is 327. The molecule has 0 aliphatic carbocycles. The number of ether oxygens (including phenoxy) is 1. The van der Waals surface area contributed by atoms with Crippen LogP contribution >= 0.6 is 11.3 Å². The number of methoxy groups -OCH3 is 1. The van der Waals surface area contributed by atoms with Crippen LogP contribution in [0.25, 0.3) is 0 Å². The molecule has 0 fully saturated rings. The van der Waals surface area contributed by atoms with Crippen LogP contribution in [-0.2, 0) is 11.3 Å². The topological polar surface area (TPSA) is 37.4 Å². The van der Waals surface area contributed by atoms with Crippen LogP contribution in [0, 0.1) is 0 Å². The summed E-state index contributed by atoms with van der Waals surface area (Å²) >= 11 is 1.73. The monoisotopic (exact) mass is 257 g/mol. The van der Waals surface area contributed by atoms with Gasteiger partial charge in [-0.1, -0.05) is 13.8 Å². The molecular formula is C12H23N3OS. The van der Waals surface area contributed by atoms with E-state index in [0.717, 1.165) is 18.3 Å². The zero-order chi connectivity index (χ0) is 12.8. The standard InChI is InChI=1S/C12H23N3OS/c1-9(2)13-6-11-7-14-12(17-11)15(4)10(3)8-16-5/h7,9-10,13H,6,8H2,1-5H3. The molecule has 0 aliphatic heterocycles. The van der Waals surface area contributed by atoms with Crippen molar-refractivity contribution in [1.82, 2.24) is 10.3 Å². The Labute approximate surface area is 108 Å². The summed E-state index contributed by atoms with van der Waals surface area (Å²) < 4.78 is 5.15. The highest BCUT2D eigenvalue weighted by molar-refractivity contribution is 7.15. The summed E-state index contributed by atoms with van der Waals surface area (Å²) in [6.45, 7) is 8.04. The fourth-order valence-electron chi connectivity index (χ4n) is 1.39. The second-order valence-corrected chi connectivity index (χ2v) is 5.65. The number of aromatic nitrogens is 1. The van der Waals surface area contributed by atoms with Crippen LogP contribution in [0.5, 0.6) is 0 Å². The van der Waals surface area contributed by atoms with E-state index in [9.17, 15) is 0 Å². The zero-order valence-corrected chi connectivity index (χ0v) is 12.2. The van der Waals surface area contributed by atoms with Gasteiger partial charge in [0.05, 0.1) is 12.6 Å². The normalized spacial score (nSPS) is 13.1. The van der Waals surface area contributed by atoms with Crippen LogP contribution in [0.1, 0.15) is 25.6 Å². The van der Waals surface area contributed by atoms with Gasteiger partial charge in [-0.25, -0.2) is 4.98 Å². The van der Waals surface area contributed by atoms with Crippen molar-refractivity contribution in [2.45, 2.75) is 39.4 Å². The maximum atomic E-state index is 5.15. The van der Waals surface area contributed by atoms with E-state index >= 15 is 0 Å². The van der Waals surface area contributed by atoms with E-state index in [1.165, 1.54) is 4.88 Å². The number of nitrogens with one attached hydrogen (secondary N) is 1. The third-order valence-electron chi connectivity index (χ3n) is 2.60. The lowest BCUT2D eigenvalue weighted by Crippen LogP contribution is -2.32. The largest absolute Gasteiger partial charge is 0.383 e. The summed E-state index contributed by atoms with van der Waals surface area (Å²) in [5, 5.41) is 4.45. The Morgan fingerprint density at radius 3 is 2.76 bits per heavy atom. The molecule has 1 aromatic rings. The van der Waals surface area contributed by atoms with Crippen molar-refractivity contribution in [3.8, 4) is 0 Å². The van der Waals surface area contributed by atoms with Gasteiger partial charge in [0.15, 0.2) is 5.13 Å². The molecule has 1 N–H and O–H groups in total. The van der Waals surface area contributed by atoms with Crippen molar-refractivity contribution in [2.75, 3.05) is 25.7 Å². The molecule has 0 aromatic carbocycles. The summed E-state index contributed by atoms with van der Waals surface area (Å²) in [4.78, 5) is 7.87. The van der Waals surface area contributed by atoms with Gasteiger partial charge in [-0.2, -0.15) is 0 Å². The SMILES string of the molecule is COCC(C)N(C)c1ncc(CNC(C)C)s1. The van der Waals surface area contributed by atoms with E-state index in [-0.39, 0.29) is 0 Å². The van der Waals surface area contributed by atoms with E-state index in [1.807, 2.05) is 6.20 Å². The second-order valence-electron chi connectivity index (χ2n) is 4.56. The molecule has 0 spiro atoms. The first-order chi connectivity index (χ1) is 8.04. The van der Waals surface area contributed by atoms with E-state index in [0.29, 0.717) is 12.1 Å². The van der Waals surface area contributed by atoms with Crippen LogP contribution in [0.4, 0.5) is 5.13 Å². The molecule has 98 valence electrons. The quantitative estimate of drug-likeness (QED) is 0.812. The van der Waals surface area contributed by atoms with Crippen molar-refractivity contribution in [3.63, 3.8) is 0 Å². The third-order valence-corrected chi connectivity index (χ3v) is 3.68. The van der Waals surface area contributed by atoms with E-state index in [2.05, 4.69) is 43.0 Å². The molecule has 1 unspecified atom stereocenters. The highest BCUT2D eigenvalue weighted by Crippen LogP contribution is 2.23. The molecule has 1 atom stereocenters. The first-order valence-electron chi connectivity index (χ1n) is 5.94. The highest BCUT2D eigenvalue weighted by Gasteiger charge is 2.13. The van der Waals surface area contributed by atoms with Gasteiger partial charge in [-0.3, -0.25) is 0 Å². The van der Waals surface area contributed by atoms with Crippen molar-refractivity contribution in [3.05, 3.63) is 11.1 Å². The van der Waals surface area contributed by atoms with Gasteiger partial charge in [0.25, 0.3) is 0 Å². The lowest BCUT2D eigenvalue weighted by Gasteiger charge is -2.23. The van der Waals surface area contributed by atoms with E-state index in [4.69, 9.17) is 4.74 Å². The minimum absolute atomic E-state index is 0.344. The minimum atomic E-state index is 0.344. The highest BCUT2D eigenvalue weighted by atomic mass is 32.1. The fraction of sp³-hybridized carbons (Fsp3) is 0.750. The first-order valence-corrected chi connectivity index (χ1v) is 6.76. The summed E-state index contributed by atoms with van der Waals surface area (Å²) in [5.41, 5.74) is 0.